The van der Waals surface area contributed by atoms with E-state index in [-0.39, 0.29) is 5.91 Å². The van der Waals surface area contributed by atoms with Crippen molar-refractivity contribution in [3.8, 4) is 0 Å². The van der Waals surface area contributed by atoms with Crippen molar-refractivity contribution in [3.63, 3.8) is 0 Å². The van der Waals surface area contributed by atoms with Gasteiger partial charge in [0, 0.05) is 17.8 Å². The molecule has 1 aromatic heterocycles. The summed E-state index contributed by atoms with van der Waals surface area (Å²) in [6.45, 7) is 4.79. The van der Waals surface area contributed by atoms with Crippen molar-refractivity contribution in [3.05, 3.63) is 28.5 Å². The zero-order chi connectivity index (χ0) is 13.5. The van der Waals surface area contributed by atoms with E-state index in [2.05, 4.69) is 23.5 Å². The van der Waals surface area contributed by atoms with Crippen LogP contribution in [0.25, 0.3) is 0 Å². The largest absolute Gasteiger partial charge is 0.352 e. The molecule has 100 valence electrons. The number of nitrogens with zero attached hydrogens (tertiary/aromatic N) is 1. The van der Waals surface area contributed by atoms with Gasteiger partial charge in [-0.2, -0.15) is 11.8 Å². The summed E-state index contributed by atoms with van der Waals surface area (Å²) in [6, 6.07) is 3.40. The van der Waals surface area contributed by atoms with Crippen molar-refractivity contribution in [2.24, 2.45) is 5.92 Å². The predicted octanol–water partition coefficient (Wildman–Crippen LogP) is 3.03. The maximum atomic E-state index is 12.0. The number of aryl methyl sites for hydroxylation is 1. The molecule has 0 spiro atoms. The van der Waals surface area contributed by atoms with E-state index in [4.69, 9.17) is 11.6 Å². The van der Waals surface area contributed by atoms with Crippen LogP contribution in [0, 0.1) is 5.92 Å². The lowest BCUT2D eigenvalue weighted by Gasteiger charge is -2.11. The highest BCUT2D eigenvalue weighted by atomic mass is 35.5. The van der Waals surface area contributed by atoms with Crippen molar-refractivity contribution in [2.75, 3.05) is 18.6 Å². The number of nitrogens with one attached hydrogen (secondary N) is 1. The Bertz CT molecular complexity index is 412. The Labute approximate surface area is 118 Å². The second-order valence-electron chi connectivity index (χ2n) is 4.29. The topological polar surface area (TPSA) is 42.0 Å². The maximum Gasteiger partial charge on any atom is 0.251 e. The number of carbonyl (C=O) groups is 1. The summed E-state index contributed by atoms with van der Waals surface area (Å²) >= 11 is 7.67. The summed E-state index contributed by atoms with van der Waals surface area (Å²) in [5.41, 5.74) is 1.42. The van der Waals surface area contributed by atoms with Crippen molar-refractivity contribution >= 4 is 29.3 Å². The van der Waals surface area contributed by atoms with Crippen LogP contribution in [0.5, 0.6) is 0 Å². The van der Waals surface area contributed by atoms with Crippen LogP contribution in [0.15, 0.2) is 12.1 Å². The number of rotatable bonds is 6. The third-order valence-electron chi connectivity index (χ3n) is 2.53. The summed E-state index contributed by atoms with van der Waals surface area (Å²) in [5.74, 6) is 1.42. The third-order valence-corrected chi connectivity index (χ3v) is 3.63. The van der Waals surface area contributed by atoms with Crippen molar-refractivity contribution < 1.29 is 4.79 Å². The van der Waals surface area contributed by atoms with Gasteiger partial charge in [-0.15, -0.1) is 0 Å². The van der Waals surface area contributed by atoms with Gasteiger partial charge in [-0.1, -0.05) is 25.4 Å². The van der Waals surface area contributed by atoms with Crippen LogP contribution in [0.3, 0.4) is 0 Å². The minimum absolute atomic E-state index is 0.0815. The van der Waals surface area contributed by atoms with E-state index in [0.717, 1.165) is 17.9 Å². The Hall–Kier alpha value is -0.740. The maximum absolute atomic E-state index is 12.0. The fourth-order valence-corrected chi connectivity index (χ4v) is 2.49. The lowest BCUT2D eigenvalue weighted by Crippen LogP contribution is -2.29. The highest BCUT2D eigenvalue weighted by Gasteiger charge is 2.10. The highest BCUT2D eigenvalue weighted by Crippen LogP contribution is 2.12. The van der Waals surface area contributed by atoms with E-state index in [1.165, 1.54) is 0 Å². The molecule has 0 aliphatic carbocycles. The Morgan fingerprint density at radius 2 is 2.28 bits per heavy atom. The summed E-state index contributed by atoms with van der Waals surface area (Å²) < 4.78 is 0. The normalized spacial score (nSPS) is 12.2. The van der Waals surface area contributed by atoms with Crippen LogP contribution >= 0.6 is 23.4 Å². The second kappa shape index (κ2) is 7.64. The van der Waals surface area contributed by atoms with Gasteiger partial charge in [0.05, 0.1) is 0 Å². The van der Waals surface area contributed by atoms with Gasteiger partial charge in [-0.05, 0) is 36.5 Å². The van der Waals surface area contributed by atoms with Gasteiger partial charge in [0.25, 0.3) is 5.91 Å². The summed E-state index contributed by atoms with van der Waals surface area (Å²) in [4.78, 5) is 16.1. The molecular formula is C13H19ClN2OS. The number of amides is 1. The molecular weight excluding hydrogens is 268 g/mol. The molecule has 0 fully saturated rings. The minimum atomic E-state index is -0.0815. The molecule has 1 rings (SSSR count). The molecule has 1 aromatic rings. The minimum Gasteiger partial charge on any atom is -0.352 e. The van der Waals surface area contributed by atoms with Gasteiger partial charge in [-0.3, -0.25) is 4.79 Å². The van der Waals surface area contributed by atoms with Crippen LogP contribution in [-0.4, -0.2) is 29.4 Å². The molecule has 0 aliphatic heterocycles. The molecule has 18 heavy (non-hydrogen) atoms. The van der Waals surface area contributed by atoms with E-state index in [1.807, 2.05) is 6.92 Å². The molecule has 0 aromatic carbocycles. The molecule has 1 heterocycles. The molecule has 3 nitrogen and oxygen atoms in total. The number of carbonyl (C=O) groups excluding carboxylic acids is 1. The Kier molecular flexibility index (Phi) is 6.50. The molecule has 0 saturated carbocycles. The molecule has 1 atom stereocenters. The van der Waals surface area contributed by atoms with Crippen LogP contribution < -0.4 is 5.32 Å². The van der Waals surface area contributed by atoms with Gasteiger partial charge in [0.2, 0.25) is 0 Å². The number of hydrogen-bond donors (Lipinski definition) is 1. The highest BCUT2D eigenvalue weighted by molar-refractivity contribution is 7.98. The Morgan fingerprint density at radius 1 is 1.56 bits per heavy atom. The van der Waals surface area contributed by atoms with E-state index in [1.54, 1.807) is 23.9 Å². The number of aromatic nitrogens is 1. The number of halogens is 1. The number of thioether (sulfide) groups is 1. The zero-order valence-electron chi connectivity index (χ0n) is 11.0. The van der Waals surface area contributed by atoms with Gasteiger partial charge >= 0.3 is 0 Å². The Morgan fingerprint density at radius 3 is 2.89 bits per heavy atom. The van der Waals surface area contributed by atoms with E-state index < -0.39 is 0 Å². The second-order valence-corrected chi connectivity index (χ2v) is 5.59. The first kappa shape index (κ1) is 15.3. The third kappa shape index (κ3) is 4.86. The molecule has 0 saturated heterocycles. The van der Waals surface area contributed by atoms with E-state index in [9.17, 15) is 4.79 Å². The van der Waals surface area contributed by atoms with Crippen molar-refractivity contribution in [2.45, 2.75) is 20.3 Å². The molecule has 1 unspecified atom stereocenters. The fraction of sp³-hybridized carbons (Fsp3) is 0.538. The smallest absolute Gasteiger partial charge is 0.251 e. The quantitative estimate of drug-likeness (QED) is 0.818. The standard InChI is InChI=1S/C13H19ClN2OS/c1-4-11-5-10(6-12(14)16-11)13(17)15-7-9(2)8-18-3/h5-6,9H,4,7-8H2,1-3H3,(H,15,17). The fourth-order valence-electron chi connectivity index (χ4n) is 1.58. The van der Waals surface area contributed by atoms with Crippen LogP contribution in [0.2, 0.25) is 5.15 Å². The van der Waals surface area contributed by atoms with Gasteiger partial charge in [-0.25, -0.2) is 4.98 Å². The van der Waals surface area contributed by atoms with E-state index in [0.29, 0.717) is 23.2 Å². The molecule has 0 radical (unpaired) electrons. The van der Waals surface area contributed by atoms with Crippen LogP contribution in [0.1, 0.15) is 29.9 Å². The SMILES string of the molecule is CCc1cc(C(=O)NCC(C)CSC)cc(Cl)n1. The summed E-state index contributed by atoms with van der Waals surface area (Å²) in [7, 11) is 0. The van der Waals surface area contributed by atoms with E-state index >= 15 is 0 Å². The lowest BCUT2D eigenvalue weighted by atomic mass is 10.1. The van der Waals surface area contributed by atoms with Crippen molar-refractivity contribution in [1.82, 2.24) is 10.3 Å². The predicted molar refractivity (Wildman–Crippen MR) is 78.5 cm³/mol. The first-order chi connectivity index (χ1) is 8.56. The molecule has 1 amide bonds. The van der Waals surface area contributed by atoms with Gasteiger partial charge in [0.15, 0.2) is 0 Å². The molecule has 5 heteroatoms. The molecule has 0 aliphatic rings. The Balaban J connectivity index is 2.63. The van der Waals surface area contributed by atoms with Gasteiger partial charge < -0.3 is 5.32 Å². The first-order valence-electron chi connectivity index (χ1n) is 6.00. The first-order valence-corrected chi connectivity index (χ1v) is 7.77. The average molecular weight is 287 g/mol. The van der Waals surface area contributed by atoms with Crippen LogP contribution in [-0.2, 0) is 6.42 Å². The molecule has 0 bridgehead atoms. The summed E-state index contributed by atoms with van der Waals surface area (Å²) in [6.07, 6.45) is 2.83. The monoisotopic (exact) mass is 286 g/mol. The van der Waals surface area contributed by atoms with Gasteiger partial charge in [0.1, 0.15) is 5.15 Å². The molecule has 1 N–H and O–H groups in total. The zero-order valence-corrected chi connectivity index (χ0v) is 12.6. The van der Waals surface area contributed by atoms with Crippen molar-refractivity contribution in [1.29, 1.82) is 0 Å². The van der Waals surface area contributed by atoms with Crippen LogP contribution in [0.4, 0.5) is 0 Å². The lowest BCUT2D eigenvalue weighted by molar-refractivity contribution is 0.0949. The summed E-state index contributed by atoms with van der Waals surface area (Å²) in [5, 5.41) is 3.30. The number of pyridine rings is 1. The number of hydrogen-bond acceptors (Lipinski definition) is 3. The average Bonchev–Trinajstić information content (AvgIpc) is 2.35.